The topological polar surface area (TPSA) is 41.6 Å². The fraction of sp³-hybridized carbons (Fsp3) is 0.350. The zero-order valence-electron chi connectivity index (χ0n) is 14.1. The van der Waals surface area contributed by atoms with Gasteiger partial charge in [0.25, 0.3) is 0 Å². The third kappa shape index (κ3) is 4.51. The van der Waals surface area contributed by atoms with Gasteiger partial charge in [-0.2, -0.15) is 0 Å². The van der Waals surface area contributed by atoms with E-state index in [0.717, 1.165) is 36.7 Å². The van der Waals surface area contributed by atoms with E-state index in [1.54, 1.807) is 0 Å². The van der Waals surface area contributed by atoms with Crippen molar-refractivity contribution < 1.29 is 9.53 Å². The van der Waals surface area contributed by atoms with Crippen molar-refractivity contribution >= 4 is 11.6 Å². The molecule has 0 saturated carbocycles. The van der Waals surface area contributed by atoms with Gasteiger partial charge in [-0.25, -0.2) is 0 Å². The number of carbonyl (C=O) groups excluding carboxylic acids is 1. The molecule has 4 nitrogen and oxygen atoms in total. The van der Waals surface area contributed by atoms with Crippen molar-refractivity contribution in [3.63, 3.8) is 0 Å². The number of ether oxygens (including phenoxy) is 1. The first kappa shape index (κ1) is 16.4. The minimum absolute atomic E-state index is 0.172. The second kappa shape index (κ2) is 7.86. The summed E-state index contributed by atoms with van der Waals surface area (Å²) in [4.78, 5) is 14.2. The average molecular weight is 324 g/mol. The lowest BCUT2D eigenvalue weighted by Gasteiger charge is -2.31. The van der Waals surface area contributed by atoms with Gasteiger partial charge >= 0.3 is 0 Å². The molecule has 24 heavy (non-hydrogen) atoms. The van der Waals surface area contributed by atoms with E-state index < -0.39 is 0 Å². The molecule has 1 saturated heterocycles. The molecule has 0 spiro atoms. The smallest absolute Gasteiger partial charge is 0.241 e. The Kier molecular flexibility index (Phi) is 5.36. The molecular formula is C20H24N2O2. The first-order chi connectivity index (χ1) is 11.7. The molecule has 0 bridgehead atoms. The van der Waals surface area contributed by atoms with Gasteiger partial charge in [-0.1, -0.05) is 25.1 Å². The van der Waals surface area contributed by atoms with Gasteiger partial charge in [0.1, 0.15) is 11.5 Å². The Morgan fingerprint density at radius 2 is 1.83 bits per heavy atom. The highest BCUT2D eigenvalue weighted by molar-refractivity contribution is 5.81. The summed E-state index contributed by atoms with van der Waals surface area (Å²) in [6, 6.07) is 17.4. The predicted octanol–water partition coefficient (Wildman–Crippen LogP) is 4.15. The molecule has 1 N–H and O–H groups in total. The van der Waals surface area contributed by atoms with E-state index in [-0.39, 0.29) is 5.91 Å². The Balaban J connectivity index is 1.50. The second-order valence-corrected chi connectivity index (χ2v) is 6.38. The highest BCUT2D eigenvalue weighted by atomic mass is 16.5. The lowest BCUT2D eigenvalue weighted by Crippen LogP contribution is -2.41. The second-order valence-electron chi connectivity index (χ2n) is 6.38. The number of piperidine rings is 1. The molecule has 1 aliphatic rings. The van der Waals surface area contributed by atoms with Crippen LogP contribution in [0, 0.1) is 5.92 Å². The number of benzene rings is 2. The summed E-state index contributed by atoms with van der Waals surface area (Å²) in [6.07, 6.45) is 2.33. The molecular weight excluding hydrogens is 300 g/mol. The molecule has 1 amide bonds. The van der Waals surface area contributed by atoms with Crippen molar-refractivity contribution in [2.45, 2.75) is 19.8 Å². The van der Waals surface area contributed by atoms with E-state index in [2.05, 4.69) is 12.2 Å². The van der Waals surface area contributed by atoms with Gasteiger partial charge < -0.3 is 15.0 Å². The number of anilines is 1. The Hall–Kier alpha value is -2.49. The van der Waals surface area contributed by atoms with E-state index in [1.165, 1.54) is 6.42 Å². The van der Waals surface area contributed by atoms with Crippen LogP contribution in [0.4, 0.5) is 5.69 Å². The van der Waals surface area contributed by atoms with Gasteiger partial charge in [0.05, 0.1) is 6.54 Å². The van der Waals surface area contributed by atoms with Gasteiger partial charge in [-0.05, 0) is 55.2 Å². The molecule has 0 radical (unpaired) electrons. The van der Waals surface area contributed by atoms with E-state index in [9.17, 15) is 4.79 Å². The molecule has 0 aromatic heterocycles. The van der Waals surface area contributed by atoms with Crippen molar-refractivity contribution in [3.8, 4) is 11.5 Å². The molecule has 1 atom stereocenters. The third-order valence-electron chi connectivity index (χ3n) is 4.29. The van der Waals surface area contributed by atoms with Gasteiger partial charge in [0.2, 0.25) is 5.91 Å². The number of amides is 1. The first-order valence-electron chi connectivity index (χ1n) is 8.55. The fourth-order valence-corrected chi connectivity index (χ4v) is 2.97. The van der Waals surface area contributed by atoms with Crippen molar-refractivity contribution in [2.75, 3.05) is 25.0 Å². The number of nitrogens with one attached hydrogen (secondary N) is 1. The molecule has 3 rings (SSSR count). The van der Waals surface area contributed by atoms with Crippen LogP contribution in [0.2, 0.25) is 0 Å². The van der Waals surface area contributed by atoms with Gasteiger partial charge in [-0.15, -0.1) is 0 Å². The lowest BCUT2D eigenvalue weighted by molar-refractivity contribution is -0.130. The number of nitrogens with zero attached hydrogens (tertiary/aromatic N) is 1. The summed E-state index contributed by atoms with van der Waals surface area (Å²) in [7, 11) is 0. The molecule has 1 unspecified atom stereocenters. The van der Waals surface area contributed by atoms with Crippen LogP contribution in [0.3, 0.4) is 0 Å². The highest BCUT2D eigenvalue weighted by Gasteiger charge is 2.20. The highest BCUT2D eigenvalue weighted by Crippen LogP contribution is 2.22. The Bertz CT molecular complexity index is 655. The summed E-state index contributed by atoms with van der Waals surface area (Å²) < 4.78 is 5.76. The van der Waals surface area contributed by atoms with E-state index in [0.29, 0.717) is 12.5 Å². The zero-order chi connectivity index (χ0) is 16.8. The summed E-state index contributed by atoms with van der Waals surface area (Å²) >= 11 is 0. The summed E-state index contributed by atoms with van der Waals surface area (Å²) in [5.41, 5.74) is 0.925. The van der Waals surface area contributed by atoms with Crippen LogP contribution < -0.4 is 10.1 Å². The Morgan fingerprint density at radius 3 is 2.54 bits per heavy atom. The summed E-state index contributed by atoms with van der Waals surface area (Å²) in [5.74, 6) is 2.37. The standard InChI is InChI=1S/C20H24N2O2/c1-16-6-5-13-22(15-16)20(23)14-21-17-9-11-19(12-10-17)24-18-7-3-2-4-8-18/h2-4,7-12,16,21H,5-6,13-15H2,1H3. The van der Waals surface area contributed by atoms with Crippen LogP contribution >= 0.6 is 0 Å². The van der Waals surface area contributed by atoms with E-state index in [4.69, 9.17) is 4.74 Å². The molecule has 126 valence electrons. The Morgan fingerprint density at radius 1 is 1.12 bits per heavy atom. The summed E-state index contributed by atoms with van der Waals surface area (Å²) in [5, 5.41) is 3.20. The van der Waals surface area contributed by atoms with Gasteiger partial charge in [-0.3, -0.25) is 4.79 Å². The van der Waals surface area contributed by atoms with Crippen LogP contribution in [0.5, 0.6) is 11.5 Å². The SMILES string of the molecule is CC1CCCN(C(=O)CNc2ccc(Oc3ccccc3)cc2)C1. The van der Waals surface area contributed by atoms with Crippen LogP contribution in [0.15, 0.2) is 54.6 Å². The van der Waals surface area contributed by atoms with E-state index in [1.807, 2.05) is 59.5 Å². The maximum absolute atomic E-state index is 12.3. The number of hydrogen-bond donors (Lipinski definition) is 1. The predicted molar refractivity (Wildman–Crippen MR) is 96.4 cm³/mol. The zero-order valence-corrected chi connectivity index (χ0v) is 14.1. The van der Waals surface area contributed by atoms with Crippen LogP contribution in [0.25, 0.3) is 0 Å². The van der Waals surface area contributed by atoms with Crippen LogP contribution in [-0.4, -0.2) is 30.4 Å². The third-order valence-corrected chi connectivity index (χ3v) is 4.29. The number of rotatable bonds is 5. The first-order valence-corrected chi connectivity index (χ1v) is 8.55. The summed E-state index contributed by atoms with van der Waals surface area (Å²) in [6.45, 7) is 4.31. The number of likely N-dealkylation sites (tertiary alicyclic amines) is 1. The maximum atomic E-state index is 12.3. The molecule has 2 aromatic rings. The van der Waals surface area contributed by atoms with Crippen LogP contribution in [-0.2, 0) is 4.79 Å². The van der Waals surface area contributed by atoms with Crippen LogP contribution in [0.1, 0.15) is 19.8 Å². The van der Waals surface area contributed by atoms with Crippen molar-refractivity contribution in [1.29, 1.82) is 0 Å². The molecule has 1 heterocycles. The quantitative estimate of drug-likeness (QED) is 0.898. The van der Waals surface area contributed by atoms with Gasteiger partial charge in [0, 0.05) is 18.8 Å². The molecule has 0 aliphatic carbocycles. The number of carbonyl (C=O) groups is 1. The van der Waals surface area contributed by atoms with Crippen molar-refractivity contribution in [2.24, 2.45) is 5.92 Å². The lowest BCUT2D eigenvalue weighted by atomic mass is 10.0. The number of para-hydroxylation sites is 1. The van der Waals surface area contributed by atoms with Crippen molar-refractivity contribution in [3.05, 3.63) is 54.6 Å². The minimum atomic E-state index is 0.172. The maximum Gasteiger partial charge on any atom is 0.241 e. The Labute approximate surface area is 143 Å². The fourth-order valence-electron chi connectivity index (χ4n) is 2.97. The average Bonchev–Trinajstić information content (AvgIpc) is 2.62. The largest absolute Gasteiger partial charge is 0.457 e. The van der Waals surface area contributed by atoms with E-state index >= 15 is 0 Å². The molecule has 1 fully saturated rings. The van der Waals surface area contributed by atoms with Crippen molar-refractivity contribution in [1.82, 2.24) is 4.90 Å². The normalized spacial score (nSPS) is 17.4. The van der Waals surface area contributed by atoms with Gasteiger partial charge in [0.15, 0.2) is 0 Å². The molecule has 4 heteroatoms. The molecule has 2 aromatic carbocycles. The monoisotopic (exact) mass is 324 g/mol. The minimum Gasteiger partial charge on any atom is -0.457 e. The number of hydrogen-bond acceptors (Lipinski definition) is 3. The molecule has 1 aliphatic heterocycles.